The lowest BCUT2D eigenvalue weighted by molar-refractivity contribution is -0.384. The number of amides is 1. The summed E-state index contributed by atoms with van der Waals surface area (Å²) in [5.41, 5.74) is 3.29. The number of ether oxygens (including phenoxy) is 1. The second-order valence-electron chi connectivity index (χ2n) is 4.96. The Labute approximate surface area is 153 Å². The number of nitro groups is 1. The molecule has 0 saturated carbocycles. The number of nitrogens with zero attached hydrogens (tertiary/aromatic N) is 2. The standard InChI is InChI=1S/C16H13Cl2N3O4/c1-10-6-12(3-5-13(10)17)25-9-16(22)20-19-8-11-2-4-14(18)15(7-11)21(23)24/h2-8H,9H2,1H3,(H,20,22). The third-order valence-electron chi connectivity index (χ3n) is 3.07. The summed E-state index contributed by atoms with van der Waals surface area (Å²) in [5, 5.41) is 15.2. The minimum Gasteiger partial charge on any atom is -0.484 e. The largest absolute Gasteiger partial charge is 0.484 e. The Morgan fingerprint density at radius 3 is 2.68 bits per heavy atom. The fourth-order valence-electron chi connectivity index (χ4n) is 1.82. The zero-order chi connectivity index (χ0) is 18.4. The maximum Gasteiger partial charge on any atom is 0.288 e. The molecule has 1 amide bonds. The zero-order valence-electron chi connectivity index (χ0n) is 13.0. The molecule has 0 saturated heterocycles. The van der Waals surface area contributed by atoms with E-state index in [-0.39, 0.29) is 17.3 Å². The van der Waals surface area contributed by atoms with E-state index >= 15 is 0 Å². The number of nitrogens with one attached hydrogen (secondary N) is 1. The highest BCUT2D eigenvalue weighted by Crippen LogP contribution is 2.24. The SMILES string of the molecule is Cc1cc(OCC(=O)NN=Cc2ccc(Cl)c([N+](=O)[O-])c2)ccc1Cl. The van der Waals surface area contributed by atoms with Crippen LogP contribution in [0.4, 0.5) is 5.69 Å². The summed E-state index contributed by atoms with van der Waals surface area (Å²) in [6, 6.07) is 9.22. The van der Waals surface area contributed by atoms with E-state index in [9.17, 15) is 14.9 Å². The Balaban J connectivity index is 1.89. The Bertz CT molecular complexity index is 840. The Morgan fingerprint density at radius 2 is 2.00 bits per heavy atom. The van der Waals surface area contributed by atoms with Crippen molar-refractivity contribution in [2.45, 2.75) is 6.92 Å². The molecule has 2 aromatic carbocycles. The second kappa shape index (κ2) is 8.46. The van der Waals surface area contributed by atoms with Gasteiger partial charge in [0, 0.05) is 16.7 Å². The third kappa shape index (κ3) is 5.44. The minimum absolute atomic E-state index is 0.0258. The van der Waals surface area contributed by atoms with E-state index in [1.54, 1.807) is 18.2 Å². The number of hydrazone groups is 1. The lowest BCUT2D eigenvalue weighted by Crippen LogP contribution is -2.24. The molecule has 1 N–H and O–H groups in total. The molecule has 9 heteroatoms. The molecule has 0 fully saturated rings. The van der Waals surface area contributed by atoms with Gasteiger partial charge in [-0.25, -0.2) is 5.43 Å². The monoisotopic (exact) mass is 381 g/mol. The predicted molar refractivity (Wildman–Crippen MR) is 95.5 cm³/mol. The van der Waals surface area contributed by atoms with Crippen molar-refractivity contribution >= 4 is 41.0 Å². The van der Waals surface area contributed by atoms with Gasteiger partial charge in [0.2, 0.25) is 0 Å². The van der Waals surface area contributed by atoms with Crippen molar-refractivity contribution in [3.05, 3.63) is 67.7 Å². The van der Waals surface area contributed by atoms with Gasteiger partial charge in [0.1, 0.15) is 10.8 Å². The second-order valence-corrected chi connectivity index (χ2v) is 5.78. The van der Waals surface area contributed by atoms with Gasteiger partial charge >= 0.3 is 0 Å². The van der Waals surface area contributed by atoms with Crippen LogP contribution in [0.2, 0.25) is 10.0 Å². The van der Waals surface area contributed by atoms with Crippen LogP contribution < -0.4 is 10.2 Å². The van der Waals surface area contributed by atoms with E-state index in [0.29, 0.717) is 16.3 Å². The lowest BCUT2D eigenvalue weighted by atomic mass is 10.2. The highest BCUT2D eigenvalue weighted by Gasteiger charge is 2.11. The molecule has 0 aliphatic carbocycles. The molecule has 0 atom stereocenters. The molecule has 2 aromatic rings. The summed E-state index contributed by atoms with van der Waals surface area (Å²) in [5.74, 6) is 0.0293. The Hall–Kier alpha value is -2.64. The Morgan fingerprint density at radius 1 is 1.28 bits per heavy atom. The van der Waals surface area contributed by atoms with Crippen LogP contribution in [-0.2, 0) is 4.79 Å². The van der Waals surface area contributed by atoms with Crippen LogP contribution in [0.3, 0.4) is 0 Å². The summed E-state index contributed by atoms with van der Waals surface area (Å²) in [6.07, 6.45) is 1.27. The van der Waals surface area contributed by atoms with Gasteiger partial charge in [0.05, 0.1) is 11.1 Å². The first-order chi connectivity index (χ1) is 11.9. The van der Waals surface area contributed by atoms with Crippen LogP contribution in [-0.4, -0.2) is 23.7 Å². The van der Waals surface area contributed by atoms with E-state index in [0.717, 1.165) is 5.56 Å². The average molecular weight is 382 g/mol. The van der Waals surface area contributed by atoms with Crippen LogP contribution in [0.5, 0.6) is 5.75 Å². The molecule has 25 heavy (non-hydrogen) atoms. The molecule has 130 valence electrons. The normalized spacial score (nSPS) is 10.7. The van der Waals surface area contributed by atoms with E-state index in [4.69, 9.17) is 27.9 Å². The number of aryl methyl sites for hydroxylation is 1. The van der Waals surface area contributed by atoms with Crippen molar-refractivity contribution in [1.29, 1.82) is 0 Å². The molecule has 0 aromatic heterocycles. The van der Waals surface area contributed by atoms with Crippen LogP contribution in [0.15, 0.2) is 41.5 Å². The number of hydrogen-bond donors (Lipinski definition) is 1. The quantitative estimate of drug-likeness (QED) is 0.468. The molecular weight excluding hydrogens is 369 g/mol. The predicted octanol–water partition coefficient (Wildman–Crippen LogP) is 3.74. The first kappa shape index (κ1) is 18.7. The molecule has 0 unspecified atom stereocenters. The van der Waals surface area contributed by atoms with E-state index < -0.39 is 10.8 Å². The number of halogens is 2. The maximum absolute atomic E-state index is 11.7. The smallest absolute Gasteiger partial charge is 0.288 e. The summed E-state index contributed by atoms with van der Waals surface area (Å²) in [4.78, 5) is 21.9. The van der Waals surface area contributed by atoms with Crippen molar-refractivity contribution < 1.29 is 14.5 Å². The molecule has 0 heterocycles. The zero-order valence-corrected chi connectivity index (χ0v) is 14.5. The lowest BCUT2D eigenvalue weighted by Gasteiger charge is -2.06. The summed E-state index contributed by atoms with van der Waals surface area (Å²) in [6.45, 7) is 1.59. The summed E-state index contributed by atoms with van der Waals surface area (Å²) < 4.78 is 5.32. The average Bonchev–Trinajstić information content (AvgIpc) is 2.57. The van der Waals surface area contributed by atoms with Gasteiger partial charge in [-0.3, -0.25) is 14.9 Å². The van der Waals surface area contributed by atoms with Gasteiger partial charge < -0.3 is 4.74 Å². The van der Waals surface area contributed by atoms with Gasteiger partial charge in [0.15, 0.2) is 6.61 Å². The van der Waals surface area contributed by atoms with E-state index in [2.05, 4.69) is 10.5 Å². The van der Waals surface area contributed by atoms with Crippen molar-refractivity contribution in [1.82, 2.24) is 5.43 Å². The van der Waals surface area contributed by atoms with Crippen LogP contribution in [0.25, 0.3) is 0 Å². The van der Waals surface area contributed by atoms with Crippen LogP contribution in [0.1, 0.15) is 11.1 Å². The topological polar surface area (TPSA) is 93.8 Å². The fourth-order valence-corrected chi connectivity index (χ4v) is 2.12. The van der Waals surface area contributed by atoms with Crippen molar-refractivity contribution in [3.8, 4) is 5.75 Å². The maximum atomic E-state index is 11.7. The number of rotatable bonds is 6. The van der Waals surface area contributed by atoms with Gasteiger partial charge in [0.25, 0.3) is 11.6 Å². The third-order valence-corrected chi connectivity index (χ3v) is 3.81. The molecule has 0 aliphatic heterocycles. The first-order valence-electron chi connectivity index (χ1n) is 7.01. The number of carbonyl (C=O) groups is 1. The summed E-state index contributed by atoms with van der Waals surface area (Å²) >= 11 is 11.6. The minimum atomic E-state index is -0.597. The van der Waals surface area contributed by atoms with Crippen molar-refractivity contribution in [3.63, 3.8) is 0 Å². The Kier molecular flexibility index (Phi) is 6.32. The highest BCUT2D eigenvalue weighted by atomic mass is 35.5. The van der Waals surface area contributed by atoms with Crippen LogP contribution in [0, 0.1) is 17.0 Å². The molecule has 7 nitrogen and oxygen atoms in total. The van der Waals surface area contributed by atoms with Gasteiger partial charge in [-0.15, -0.1) is 0 Å². The number of hydrogen-bond acceptors (Lipinski definition) is 5. The summed E-state index contributed by atoms with van der Waals surface area (Å²) in [7, 11) is 0. The molecular formula is C16H13Cl2N3O4. The fraction of sp³-hybridized carbons (Fsp3) is 0.125. The van der Waals surface area contributed by atoms with E-state index in [1.807, 2.05) is 6.92 Å². The van der Waals surface area contributed by atoms with Crippen molar-refractivity contribution in [2.24, 2.45) is 5.10 Å². The van der Waals surface area contributed by atoms with Gasteiger partial charge in [-0.2, -0.15) is 5.10 Å². The number of carbonyl (C=O) groups excluding carboxylic acids is 1. The highest BCUT2D eigenvalue weighted by molar-refractivity contribution is 6.32. The molecule has 0 radical (unpaired) electrons. The van der Waals surface area contributed by atoms with Crippen LogP contribution >= 0.6 is 23.2 Å². The van der Waals surface area contributed by atoms with Crippen molar-refractivity contribution in [2.75, 3.05) is 6.61 Å². The van der Waals surface area contributed by atoms with Gasteiger partial charge in [-0.1, -0.05) is 29.3 Å². The molecule has 0 bridgehead atoms. The molecule has 0 spiro atoms. The van der Waals surface area contributed by atoms with Gasteiger partial charge in [-0.05, 0) is 36.8 Å². The number of nitro benzene ring substituents is 1. The van der Waals surface area contributed by atoms with E-state index in [1.165, 1.54) is 24.4 Å². The molecule has 0 aliphatic rings. The number of benzene rings is 2. The molecule has 2 rings (SSSR count). The first-order valence-corrected chi connectivity index (χ1v) is 7.77.